The second kappa shape index (κ2) is 12.2. The molecule has 0 bridgehead atoms. The van der Waals surface area contributed by atoms with Crippen molar-refractivity contribution in [1.82, 2.24) is 20.8 Å². The third-order valence-electron chi connectivity index (χ3n) is 4.70. The van der Waals surface area contributed by atoms with Crippen LogP contribution < -0.4 is 15.4 Å². The molecule has 0 saturated heterocycles. The molecule has 1 aromatic heterocycles. The van der Waals surface area contributed by atoms with Crippen LogP contribution in [-0.4, -0.2) is 55.0 Å². The topological polar surface area (TPSA) is 89.3 Å². The van der Waals surface area contributed by atoms with Crippen LogP contribution in [0.2, 0.25) is 0 Å². The molecule has 164 valence electrons. The molecule has 0 aliphatic heterocycles. The molecule has 3 aromatic rings. The molecular formula is C23H28N4O3S. The molecule has 0 saturated carbocycles. The minimum absolute atomic E-state index is 0.0737. The first-order valence-corrected chi connectivity index (χ1v) is 11.4. The summed E-state index contributed by atoms with van der Waals surface area (Å²) in [7, 11) is 3.68. The maximum Gasteiger partial charge on any atom is 0.247 e. The highest BCUT2D eigenvalue weighted by Crippen LogP contribution is 2.21. The van der Waals surface area contributed by atoms with E-state index >= 15 is 0 Å². The van der Waals surface area contributed by atoms with Crippen LogP contribution in [0.4, 0.5) is 0 Å². The summed E-state index contributed by atoms with van der Waals surface area (Å²) in [5.41, 5.74) is 1.46. The molecule has 2 N–H and O–H groups in total. The predicted molar refractivity (Wildman–Crippen MR) is 124 cm³/mol. The van der Waals surface area contributed by atoms with Gasteiger partial charge >= 0.3 is 0 Å². The smallest absolute Gasteiger partial charge is 0.247 e. The first kappa shape index (κ1) is 23.0. The summed E-state index contributed by atoms with van der Waals surface area (Å²) in [6, 6.07) is 16.8. The van der Waals surface area contributed by atoms with E-state index in [1.807, 2.05) is 49.5 Å². The van der Waals surface area contributed by atoms with E-state index < -0.39 is 0 Å². The lowest BCUT2D eigenvalue weighted by molar-refractivity contribution is 0.0942. The van der Waals surface area contributed by atoms with E-state index in [9.17, 15) is 4.79 Å². The number of hydrogen-bond acceptors (Lipinski definition) is 8. The molecule has 0 fully saturated rings. The highest BCUT2D eigenvalue weighted by Gasteiger charge is 2.18. The van der Waals surface area contributed by atoms with Crippen LogP contribution in [0.25, 0.3) is 11.5 Å². The first-order chi connectivity index (χ1) is 15.2. The number of rotatable bonds is 13. The summed E-state index contributed by atoms with van der Waals surface area (Å²) in [5, 5.41) is 14.4. The Bertz CT molecular complexity index is 932. The Kier molecular flexibility index (Phi) is 9.08. The normalized spacial score (nSPS) is 11.9. The number of carbonyl (C=O) groups is 1. The van der Waals surface area contributed by atoms with Crippen molar-refractivity contribution >= 4 is 17.5 Å². The Labute approximate surface area is 187 Å². The predicted octanol–water partition coefficient (Wildman–Crippen LogP) is 3.43. The molecule has 0 radical (unpaired) electrons. The largest absolute Gasteiger partial charge is 0.493 e. The lowest BCUT2D eigenvalue weighted by Crippen LogP contribution is -2.36. The van der Waals surface area contributed by atoms with Gasteiger partial charge in [0.25, 0.3) is 0 Å². The molecule has 3 rings (SSSR count). The van der Waals surface area contributed by atoms with Crippen molar-refractivity contribution in [2.24, 2.45) is 0 Å². The highest BCUT2D eigenvalue weighted by molar-refractivity contribution is 7.98. The van der Waals surface area contributed by atoms with Crippen LogP contribution in [0.5, 0.6) is 5.75 Å². The summed E-state index contributed by atoms with van der Waals surface area (Å²) in [5.74, 6) is 3.41. The van der Waals surface area contributed by atoms with Crippen LogP contribution in [0.1, 0.15) is 22.7 Å². The molecule has 0 aliphatic rings. The average Bonchev–Trinajstić information content (AvgIpc) is 3.29. The fourth-order valence-corrected chi connectivity index (χ4v) is 3.63. The zero-order valence-electron chi connectivity index (χ0n) is 17.8. The van der Waals surface area contributed by atoms with Crippen LogP contribution in [0.3, 0.4) is 0 Å². The van der Waals surface area contributed by atoms with Crippen LogP contribution in [-0.2, 0) is 5.75 Å². The van der Waals surface area contributed by atoms with Gasteiger partial charge in [0.2, 0.25) is 11.8 Å². The van der Waals surface area contributed by atoms with Gasteiger partial charge in [-0.1, -0.05) is 30.3 Å². The van der Waals surface area contributed by atoms with Crippen molar-refractivity contribution in [3.8, 4) is 17.2 Å². The van der Waals surface area contributed by atoms with Gasteiger partial charge in [0.1, 0.15) is 5.75 Å². The molecule has 31 heavy (non-hydrogen) atoms. The van der Waals surface area contributed by atoms with Gasteiger partial charge < -0.3 is 19.8 Å². The summed E-state index contributed by atoms with van der Waals surface area (Å²) < 4.78 is 11.4. The minimum Gasteiger partial charge on any atom is -0.493 e. The lowest BCUT2D eigenvalue weighted by Gasteiger charge is -2.14. The van der Waals surface area contributed by atoms with Crippen molar-refractivity contribution in [2.75, 3.05) is 33.0 Å². The molecule has 0 spiro atoms. The lowest BCUT2D eigenvalue weighted by atomic mass is 10.0. The maximum atomic E-state index is 12.6. The van der Waals surface area contributed by atoms with E-state index in [-0.39, 0.29) is 11.8 Å². The van der Waals surface area contributed by atoms with E-state index in [2.05, 4.69) is 20.8 Å². The average molecular weight is 441 g/mol. The van der Waals surface area contributed by atoms with Gasteiger partial charge in [-0.05, 0) is 51.3 Å². The Hall–Kier alpha value is -2.68. The van der Waals surface area contributed by atoms with Crippen molar-refractivity contribution in [2.45, 2.75) is 18.2 Å². The van der Waals surface area contributed by atoms with Gasteiger partial charge in [-0.3, -0.25) is 4.79 Å². The van der Waals surface area contributed by atoms with Crippen LogP contribution >= 0.6 is 11.8 Å². The van der Waals surface area contributed by atoms with Crippen molar-refractivity contribution in [1.29, 1.82) is 0 Å². The number of ether oxygens (including phenoxy) is 1. The zero-order valence-corrected chi connectivity index (χ0v) is 18.7. The second-order valence-electron chi connectivity index (χ2n) is 6.89. The van der Waals surface area contributed by atoms with E-state index in [0.717, 1.165) is 30.0 Å². The summed E-state index contributed by atoms with van der Waals surface area (Å²) in [6.45, 7) is 1.39. The van der Waals surface area contributed by atoms with Crippen molar-refractivity contribution in [3.05, 3.63) is 66.1 Å². The number of nitrogens with one attached hydrogen (secondary N) is 2. The fourth-order valence-electron chi connectivity index (χ4n) is 3.00. The number of likely N-dealkylation sites (N-methyl/N-ethyl adjacent to an activating group) is 1. The second-order valence-corrected chi connectivity index (χ2v) is 8.00. The number of aromatic nitrogens is 2. The molecule has 1 heterocycles. The standard InChI is InChI=1S/C23H28N4O3S/c1-24-13-12-20(25-2)22(28)17-8-10-18(11-9-17)23-27-26-21(30-23)16-31-15-14-29-19-6-4-3-5-7-19/h3-11,20,24-25H,12-16H2,1-2H3. The summed E-state index contributed by atoms with van der Waals surface area (Å²) in [4.78, 5) is 12.6. The van der Waals surface area contributed by atoms with Gasteiger partial charge in [-0.2, -0.15) is 0 Å². The van der Waals surface area contributed by atoms with Crippen LogP contribution in [0, 0.1) is 0 Å². The molecule has 1 unspecified atom stereocenters. The maximum absolute atomic E-state index is 12.6. The molecule has 8 heteroatoms. The number of Topliss-reactive ketones (excluding diaryl/α,β-unsaturated/α-hetero) is 1. The Morgan fingerprint density at radius 1 is 1.10 bits per heavy atom. The third kappa shape index (κ3) is 6.92. The van der Waals surface area contributed by atoms with Gasteiger partial charge in [0.05, 0.1) is 18.4 Å². The molecular weight excluding hydrogens is 412 g/mol. The quantitative estimate of drug-likeness (QED) is 0.309. The highest BCUT2D eigenvalue weighted by atomic mass is 32.2. The number of carbonyl (C=O) groups excluding carboxylic acids is 1. The monoisotopic (exact) mass is 440 g/mol. The van der Waals surface area contributed by atoms with Gasteiger partial charge in [0.15, 0.2) is 5.78 Å². The molecule has 2 aromatic carbocycles. The van der Waals surface area contributed by atoms with E-state index in [4.69, 9.17) is 9.15 Å². The van der Waals surface area contributed by atoms with Gasteiger partial charge in [0, 0.05) is 16.9 Å². The number of thioether (sulfide) groups is 1. The number of benzene rings is 2. The SMILES string of the molecule is CNCCC(NC)C(=O)c1ccc(-c2nnc(CSCCOc3ccccc3)o2)cc1. The zero-order chi connectivity index (χ0) is 21.9. The number of ketones is 1. The Balaban J connectivity index is 1.48. The Morgan fingerprint density at radius 2 is 1.87 bits per heavy atom. The van der Waals surface area contributed by atoms with E-state index in [1.54, 1.807) is 30.9 Å². The van der Waals surface area contributed by atoms with Crippen molar-refractivity contribution in [3.63, 3.8) is 0 Å². The number of hydrogen-bond donors (Lipinski definition) is 2. The number of nitrogens with zero attached hydrogens (tertiary/aromatic N) is 2. The molecule has 7 nitrogen and oxygen atoms in total. The summed E-state index contributed by atoms with van der Waals surface area (Å²) in [6.07, 6.45) is 0.731. The molecule has 0 aliphatic carbocycles. The minimum atomic E-state index is -0.212. The molecule has 0 amide bonds. The van der Waals surface area contributed by atoms with Gasteiger partial charge in [-0.15, -0.1) is 22.0 Å². The Morgan fingerprint density at radius 3 is 2.58 bits per heavy atom. The van der Waals surface area contributed by atoms with E-state index in [0.29, 0.717) is 29.7 Å². The van der Waals surface area contributed by atoms with Crippen molar-refractivity contribution < 1.29 is 13.9 Å². The molecule has 1 atom stereocenters. The first-order valence-electron chi connectivity index (χ1n) is 10.3. The fraction of sp³-hybridized carbons (Fsp3) is 0.348. The van der Waals surface area contributed by atoms with E-state index in [1.165, 1.54) is 0 Å². The van der Waals surface area contributed by atoms with Gasteiger partial charge in [-0.25, -0.2) is 0 Å². The van der Waals surface area contributed by atoms with Crippen LogP contribution in [0.15, 0.2) is 59.0 Å². The number of para-hydroxylation sites is 1. The third-order valence-corrected chi connectivity index (χ3v) is 5.60. The summed E-state index contributed by atoms with van der Waals surface area (Å²) >= 11 is 1.67.